The quantitative estimate of drug-likeness (QED) is 0.733. The fourth-order valence-electron chi connectivity index (χ4n) is 2.02. The SMILES string of the molecule is O=C(Cc1c(F)cccc1Cl)NCc1cc(Br)ccc1OC(F)F. The first-order valence-corrected chi connectivity index (χ1v) is 7.96. The summed E-state index contributed by atoms with van der Waals surface area (Å²) < 4.78 is 43.5. The Labute approximate surface area is 149 Å². The molecule has 0 aliphatic rings. The molecule has 0 radical (unpaired) electrons. The zero-order chi connectivity index (χ0) is 17.7. The minimum atomic E-state index is -2.97. The van der Waals surface area contributed by atoms with E-state index in [1.165, 1.54) is 24.3 Å². The fourth-order valence-corrected chi connectivity index (χ4v) is 2.65. The molecule has 0 aromatic heterocycles. The molecule has 0 atom stereocenters. The predicted octanol–water partition coefficient (Wildman–Crippen LogP) is 4.70. The van der Waals surface area contributed by atoms with E-state index in [1.54, 1.807) is 12.1 Å². The first-order chi connectivity index (χ1) is 11.4. The summed E-state index contributed by atoms with van der Waals surface area (Å²) in [7, 11) is 0. The van der Waals surface area contributed by atoms with Gasteiger partial charge in [0.05, 0.1) is 6.42 Å². The van der Waals surface area contributed by atoms with Crippen LogP contribution < -0.4 is 10.1 Å². The number of nitrogens with one attached hydrogen (secondary N) is 1. The van der Waals surface area contributed by atoms with Crippen LogP contribution in [0.2, 0.25) is 5.02 Å². The normalized spacial score (nSPS) is 10.8. The van der Waals surface area contributed by atoms with Gasteiger partial charge in [0, 0.05) is 27.2 Å². The number of halogens is 5. The van der Waals surface area contributed by atoms with Gasteiger partial charge in [-0.2, -0.15) is 8.78 Å². The number of hydrogen-bond donors (Lipinski definition) is 1. The summed E-state index contributed by atoms with van der Waals surface area (Å²) in [6.45, 7) is -3.02. The van der Waals surface area contributed by atoms with E-state index in [0.717, 1.165) is 0 Å². The third-order valence-electron chi connectivity index (χ3n) is 3.11. The maximum Gasteiger partial charge on any atom is 0.387 e. The second kappa shape index (κ2) is 8.39. The van der Waals surface area contributed by atoms with Crippen molar-refractivity contribution in [2.24, 2.45) is 0 Å². The highest BCUT2D eigenvalue weighted by Crippen LogP contribution is 2.25. The second-order valence-electron chi connectivity index (χ2n) is 4.78. The lowest BCUT2D eigenvalue weighted by atomic mass is 10.1. The monoisotopic (exact) mass is 421 g/mol. The molecule has 0 bridgehead atoms. The van der Waals surface area contributed by atoms with Crippen molar-refractivity contribution in [1.82, 2.24) is 5.32 Å². The van der Waals surface area contributed by atoms with E-state index in [4.69, 9.17) is 11.6 Å². The molecule has 2 aromatic carbocycles. The van der Waals surface area contributed by atoms with Gasteiger partial charge in [-0.1, -0.05) is 33.6 Å². The van der Waals surface area contributed by atoms with Crippen molar-refractivity contribution in [1.29, 1.82) is 0 Å². The number of carbonyl (C=O) groups is 1. The number of benzene rings is 2. The zero-order valence-corrected chi connectivity index (χ0v) is 14.5. The van der Waals surface area contributed by atoms with Crippen LogP contribution in [-0.2, 0) is 17.8 Å². The molecule has 1 N–H and O–H groups in total. The standard InChI is InChI=1S/C16H12BrClF3NO2/c17-10-4-5-14(24-16(20)21)9(6-10)8-22-15(23)7-11-12(18)2-1-3-13(11)19/h1-6,16H,7-8H2,(H,22,23). The molecule has 0 spiro atoms. The summed E-state index contributed by atoms with van der Waals surface area (Å²) in [5.74, 6) is -1.12. The molecule has 24 heavy (non-hydrogen) atoms. The van der Waals surface area contributed by atoms with Gasteiger partial charge in [-0.15, -0.1) is 0 Å². The van der Waals surface area contributed by atoms with Gasteiger partial charge in [-0.25, -0.2) is 4.39 Å². The molecule has 1 amide bonds. The van der Waals surface area contributed by atoms with E-state index >= 15 is 0 Å². The minimum absolute atomic E-state index is 0.0441. The van der Waals surface area contributed by atoms with Crippen LogP contribution in [-0.4, -0.2) is 12.5 Å². The van der Waals surface area contributed by atoms with E-state index in [0.29, 0.717) is 10.0 Å². The molecule has 0 fully saturated rings. The summed E-state index contributed by atoms with van der Waals surface area (Å²) in [4.78, 5) is 12.0. The second-order valence-corrected chi connectivity index (χ2v) is 6.11. The number of rotatable bonds is 6. The van der Waals surface area contributed by atoms with E-state index in [2.05, 4.69) is 26.0 Å². The summed E-state index contributed by atoms with van der Waals surface area (Å²) in [6, 6.07) is 8.59. The minimum Gasteiger partial charge on any atom is -0.434 e. The van der Waals surface area contributed by atoms with Crippen molar-refractivity contribution in [3.8, 4) is 5.75 Å². The lowest BCUT2D eigenvalue weighted by Crippen LogP contribution is -2.25. The van der Waals surface area contributed by atoms with Crippen LogP contribution in [0, 0.1) is 5.82 Å². The fraction of sp³-hybridized carbons (Fsp3) is 0.188. The molecule has 0 unspecified atom stereocenters. The number of alkyl halides is 2. The van der Waals surface area contributed by atoms with Crippen molar-refractivity contribution in [3.63, 3.8) is 0 Å². The van der Waals surface area contributed by atoms with Crippen molar-refractivity contribution in [2.75, 3.05) is 0 Å². The topological polar surface area (TPSA) is 38.3 Å². The first kappa shape index (κ1) is 18.6. The molecule has 0 aliphatic heterocycles. The lowest BCUT2D eigenvalue weighted by Gasteiger charge is -2.12. The van der Waals surface area contributed by atoms with Gasteiger partial charge in [0.2, 0.25) is 5.91 Å². The highest BCUT2D eigenvalue weighted by atomic mass is 79.9. The van der Waals surface area contributed by atoms with E-state index in [9.17, 15) is 18.0 Å². The van der Waals surface area contributed by atoms with Crippen LogP contribution in [0.1, 0.15) is 11.1 Å². The molecule has 128 valence electrons. The van der Waals surface area contributed by atoms with Gasteiger partial charge in [-0.3, -0.25) is 4.79 Å². The molecule has 2 rings (SSSR count). The van der Waals surface area contributed by atoms with Gasteiger partial charge < -0.3 is 10.1 Å². The lowest BCUT2D eigenvalue weighted by molar-refractivity contribution is -0.120. The van der Waals surface area contributed by atoms with Crippen LogP contribution in [0.25, 0.3) is 0 Å². The van der Waals surface area contributed by atoms with Crippen molar-refractivity contribution in [3.05, 3.63) is 62.8 Å². The summed E-state index contributed by atoms with van der Waals surface area (Å²) in [5, 5.41) is 2.68. The van der Waals surface area contributed by atoms with Crippen LogP contribution in [0.5, 0.6) is 5.75 Å². The molecule has 0 saturated heterocycles. The van der Waals surface area contributed by atoms with Gasteiger partial charge in [0.15, 0.2) is 0 Å². The number of amides is 1. The molecule has 0 heterocycles. The van der Waals surface area contributed by atoms with Gasteiger partial charge >= 0.3 is 6.61 Å². The molecule has 3 nitrogen and oxygen atoms in total. The Morgan fingerprint density at radius 2 is 2.04 bits per heavy atom. The molecule has 8 heteroatoms. The Kier molecular flexibility index (Phi) is 6.51. The van der Waals surface area contributed by atoms with Crippen LogP contribution in [0.4, 0.5) is 13.2 Å². The van der Waals surface area contributed by atoms with Crippen LogP contribution in [0.3, 0.4) is 0 Å². The predicted molar refractivity (Wildman–Crippen MR) is 87.7 cm³/mol. The number of ether oxygens (including phenoxy) is 1. The van der Waals surface area contributed by atoms with Crippen LogP contribution >= 0.6 is 27.5 Å². The van der Waals surface area contributed by atoms with Gasteiger partial charge in [0.1, 0.15) is 11.6 Å². The van der Waals surface area contributed by atoms with Crippen molar-refractivity contribution >= 4 is 33.4 Å². The molecule has 2 aromatic rings. The van der Waals surface area contributed by atoms with Crippen LogP contribution in [0.15, 0.2) is 40.9 Å². The van der Waals surface area contributed by atoms with E-state index in [1.807, 2.05) is 0 Å². The number of hydrogen-bond acceptors (Lipinski definition) is 2. The largest absolute Gasteiger partial charge is 0.434 e. The first-order valence-electron chi connectivity index (χ1n) is 6.79. The maximum atomic E-state index is 13.7. The zero-order valence-electron chi connectivity index (χ0n) is 12.2. The average molecular weight is 423 g/mol. The molecule has 0 aliphatic carbocycles. The highest BCUT2D eigenvalue weighted by molar-refractivity contribution is 9.10. The van der Waals surface area contributed by atoms with Gasteiger partial charge in [0.25, 0.3) is 0 Å². The third-order valence-corrected chi connectivity index (χ3v) is 3.96. The Balaban J connectivity index is 2.05. The maximum absolute atomic E-state index is 13.7. The Morgan fingerprint density at radius 3 is 2.71 bits per heavy atom. The van der Waals surface area contributed by atoms with Crippen molar-refractivity contribution < 1.29 is 22.7 Å². The van der Waals surface area contributed by atoms with Crippen molar-refractivity contribution in [2.45, 2.75) is 19.6 Å². The summed E-state index contributed by atoms with van der Waals surface area (Å²) >= 11 is 9.08. The number of carbonyl (C=O) groups excluding carboxylic acids is 1. The highest BCUT2D eigenvalue weighted by Gasteiger charge is 2.14. The molecule has 0 saturated carbocycles. The Bertz CT molecular complexity index is 723. The molecular formula is C16H12BrClF3NO2. The smallest absolute Gasteiger partial charge is 0.387 e. The van der Waals surface area contributed by atoms with Gasteiger partial charge in [-0.05, 0) is 30.3 Å². The summed E-state index contributed by atoms with van der Waals surface area (Å²) in [5.41, 5.74) is 0.438. The summed E-state index contributed by atoms with van der Waals surface area (Å²) in [6.07, 6.45) is -0.259. The van der Waals surface area contributed by atoms with E-state index < -0.39 is 18.3 Å². The molecular weight excluding hydrogens is 411 g/mol. The van der Waals surface area contributed by atoms with E-state index in [-0.39, 0.29) is 29.3 Å². The third kappa shape index (κ3) is 5.14. The average Bonchev–Trinajstić information content (AvgIpc) is 2.51. The Morgan fingerprint density at radius 1 is 1.29 bits per heavy atom. The Hall–Kier alpha value is -1.73.